The van der Waals surface area contributed by atoms with Crippen molar-refractivity contribution in [3.8, 4) is 0 Å². The summed E-state index contributed by atoms with van der Waals surface area (Å²) in [5, 5.41) is 3.39. The lowest BCUT2D eigenvalue weighted by molar-refractivity contribution is -0.149. The summed E-state index contributed by atoms with van der Waals surface area (Å²) in [6.45, 7) is 6.80. The van der Waals surface area contributed by atoms with E-state index in [1.807, 2.05) is 59.8 Å². The van der Waals surface area contributed by atoms with Crippen molar-refractivity contribution in [2.75, 3.05) is 41.3 Å². The van der Waals surface area contributed by atoms with Crippen molar-refractivity contribution >= 4 is 35.3 Å². The topological polar surface area (TPSA) is 122 Å². The van der Waals surface area contributed by atoms with Gasteiger partial charge in [-0.05, 0) is 43.4 Å². The van der Waals surface area contributed by atoms with Crippen LogP contribution in [-0.4, -0.2) is 53.2 Å². The zero-order valence-electron chi connectivity index (χ0n) is 22.4. The normalized spacial score (nSPS) is 12.1. The molecule has 4 rings (SSSR count). The van der Waals surface area contributed by atoms with Gasteiger partial charge in [-0.3, -0.25) is 0 Å². The molecule has 1 aliphatic rings. The molecule has 0 radical (unpaired) electrons. The molecule has 3 heterocycles. The second-order valence-electron chi connectivity index (χ2n) is 9.06. The molecule has 39 heavy (non-hydrogen) atoms. The lowest BCUT2D eigenvalue weighted by Crippen LogP contribution is -2.31. The molecule has 1 aromatic carbocycles. The summed E-state index contributed by atoms with van der Waals surface area (Å²) in [5.41, 5.74) is 4.10. The third kappa shape index (κ3) is 7.79. The molecule has 0 atom stereocenters. The van der Waals surface area contributed by atoms with E-state index in [0.717, 1.165) is 55.4 Å². The Morgan fingerprint density at radius 3 is 2.64 bits per heavy atom. The van der Waals surface area contributed by atoms with Gasteiger partial charge in [-0.2, -0.15) is 0 Å². The minimum Gasteiger partial charge on any atom is -0.443 e. The highest BCUT2D eigenvalue weighted by molar-refractivity contribution is 5.73. The number of benzene rings is 1. The summed E-state index contributed by atoms with van der Waals surface area (Å²) >= 11 is 0. The number of fused-ring (bicyclic) bond motifs is 1. The Kier molecular flexibility index (Phi) is 9.87. The minimum atomic E-state index is -0.831. The maximum Gasteiger partial charge on any atom is 0.441 e. The van der Waals surface area contributed by atoms with Crippen molar-refractivity contribution in [1.29, 1.82) is 0 Å². The Morgan fingerprint density at radius 2 is 1.85 bits per heavy atom. The third-order valence-corrected chi connectivity index (χ3v) is 6.27. The zero-order chi connectivity index (χ0) is 27.5. The van der Waals surface area contributed by atoms with Crippen LogP contribution in [0, 0.1) is 0 Å². The number of anilines is 4. The van der Waals surface area contributed by atoms with Crippen LogP contribution < -0.4 is 20.6 Å². The number of rotatable bonds is 11. The number of pyridine rings is 1. The maximum absolute atomic E-state index is 12.3. The number of hydroxylamine groups is 1. The number of amides is 1. The first-order chi connectivity index (χ1) is 19.1. The number of aromatic nitrogens is 3. The summed E-state index contributed by atoms with van der Waals surface area (Å²) in [6, 6.07) is 15.3. The second-order valence-corrected chi connectivity index (χ2v) is 9.06. The van der Waals surface area contributed by atoms with E-state index in [4.69, 9.17) is 14.6 Å². The molecule has 1 aliphatic heterocycles. The summed E-state index contributed by atoms with van der Waals surface area (Å²) in [6.07, 6.45) is 3.78. The highest BCUT2D eigenvalue weighted by Gasteiger charge is 2.18. The van der Waals surface area contributed by atoms with Gasteiger partial charge in [-0.25, -0.2) is 24.5 Å². The van der Waals surface area contributed by atoms with E-state index in [0.29, 0.717) is 18.9 Å². The predicted molar refractivity (Wildman–Crippen MR) is 149 cm³/mol. The fourth-order valence-corrected chi connectivity index (χ4v) is 4.26. The van der Waals surface area contributed by atoms with Crippen molar-refractivity contribution in [2.24, 2.45) is 0 Å². The van der Waals surface area contributed by atoms with E-state index in [2.05, 4.69) is 33.2 Å². The fourth-order valence-electron chi connectivity index (χ4n) is 4.26. The number of carbonyl (C=O) groups excluding carboxylic acids is 2. The van der Waals surface area contributed by atoms with Crippen LogP contribution in [0.4, 0.5) is 28.1 Å². The number of nitrogens with one attached hydrogen (secondary N) is 2. The average Bonchev–Trinajstić information content (AvgIpc) is 2.98. The Hall–Kier alpha value is -4.41. The van der Waals surface area contributed by atoms with Crippen molar-refractivity contribution in [2.45, 2.75) is 46.1 Å². The van der Waals surface area contributed by atoms with E-state index < -0.39 is 12.1 Å². The first-order valence-corrected chi connectivity index (χ1v) is 13.3. The Morgan fingerprint density at radius 1 is 1.03 bits per heavy atom. The number of nitrogens with zero attached hydrogens (tertiary/aromatic N) is 5. The zero-order valence-corrected chi connectivity index (χ0v) is 22.4. The number of aryl methyl sites for hydroxylation is 1. The fraction of sp³-hybridized carbons (Fsp3) is 0.393. The van der Waals surface area contributed by atoms with Crippen LogP contribution in [0.3, 0.4) is 0 Å². The Labute approximate surface area is 228 Å². The number of hydrogen-bond acceptors (Lipinski definition) is 10. The van der Waals surface area contributed by atoms with Gasteiger partial charge in [0.05, 0.1) is 6.42 Å². The SMILES string of the molecule is CCCN(c1cc(N(CC)CCC(=O)ONC(=O)OCc2ccccc2)ncn1)c1ccc2c(n1)NCCC2. The highest BCUT2D eigenvalue weighted by Crippen LogP contribution is 2.29. The Balaban J connectivity index is 1.33. The number of ether oxygens (including phenoxy) is 1. The van der Waals surface area contributed by atoms with E-state index in [9.17, 15) is 9.59 Å². The van der Waals surface area contributed by atoms with Gasteiger partial charge in [0.1, 0.15) is 36.2 Å². The van der Waals surface area contributed by atoms with Crippen molar-refractivity contribution in [1.82, 2.24) is 20.4 Å². The highest BCUT2D eigenvalue weighted by atomic mass is 16.7. The van der Waals surface area contributed by atoms with Gasteiger partial charge in [0.2, 0.25) is 0 Å². The largest absolute Gasteiger partial charge is 0.443 e. The van der Waals surface area contributed by atoms with Crippen LogP contribution >= 0.6 is 0 Å². The van der Waals surface area contributed by atoms with Gasteiger partial charge in [-0.1, -0.05) is 43.3 Å². The molecule has 2 N–H and O–H groups in total. The van der Waals surface area contributed by atoms with Gasteiger partial charge in [0.25, 0.3) is 0 Å². The van der Waals surface area contributed by atoms with Crippen LogP contribution in [0.25, 0.3) is 0 Å². The smallest absolute Gasteiger partial charge is 0.441 e. The van der Waals surface area contributed by atoms with E-state index in [1.165, 1.54) is 11.9 Å². The van der Waals surface area contributed by atoms with Crippen LogP contribution in [0.15, 0.2) is 54.9 Å². The van der Waals surface area contributed by atoms with Crippen LogP contribution in [0.1, 0.15) is 44.2 Å². The molecule has 11 heteroatoms. The van der Waals surface area contributed by atoms with E-state index in [1.54, 1.807) is 0 Å². The first-order valence-electron chi connectivity index (χ1n) is 13.3. The van der Waals surface area contributed by atoms with E-state index in [-0.39, 0.29) is 13.0 Å². The van der Waals surface area contributed by atoms with Gasteiger partial charge in [0.15, 0.2) is 0 Å². The molecular weight excluding hydrogens is 498 g/mol. The molecule has 11 nitrogen and oxygen atoms in total. The van der Waals surface area contributed by atoms with Gasteiger partial charge < -0.3 is 24.7 Å². The number of hydrogen-bond donors (Lipinski definition) is 2. The summed E-state index contributed by atoms with van der Waals surface area (Å²) in [4.78, 5) is 46.8. The van der Waals surface area contributed by atoms with Crippen molar-refractivity contribution < 1.29 is 19.2 Å². The van der Waals surface area contributed by atoms with Crippen molar-refractivity contribution in [3.05, 3.63) is 66.0 Å². The number of carbonyl (C=O) groups is 2. The molecule has 0 fully saturated rings. The van der Waals surface area contributed by atoms with Crippen LogP contribution in [0.2, 0.25) is 0 Å². The molecular formula is C28H35N7O4. The van der Waals surface area contributed by atoms with Crippen molar-refractivity contribution in [3.63, 3.8) is 0 Å². The quantitative estimate of drug-likeness (QED) is 0.343. The maximum atomic E-state index is 12.3. The molecule has 0 spiro atoms. The molecule has 206 valence electrons. The molecule has 0 saturated carbocycles. The second kappa shape index (κ2) is 13.9. The van der Waals surface area contributed by atoms with Gasteiger partial charge >= 0.3 is 12.1 Å². The monoisotopic (exact) mass is 533 g/mol. The molecule has 0 unspecified atom stereocenters. The van der Waals surface area contributed by atoms with Crippen LogP contribution in [0.5, 0.6) is 0 Å². The summed E-state index contributed by atoms with van der Waals surface area (Å²) in [5.74, 6) is 2.58. The molecule has 0 aliphatic carbocycles. The molecule has 2 aromatic heterocycles. The molecule has 3 aromatic rings. The van der Waals surface area contributed by atoms with Gasteiger partial charge in [-0.15, -0.1) is 5.48 Å². The third-order valence-electron chi connectivity index (χ3n) is 6.27. The standard InChI is InChI=1S/C28H35N7O4/c1-3-16-35(23-13-12-22-11-8-15-29-27(22)32-23)25-18-24(30-20-31-25)34(4-2)17-14-26(36)39-33-28(37)38-19-21-9-6-5-7-10-21/h5-7,9-10,12-13,18,20H,3-4,8,11,14-17,19H2,1-2H3,(H,29,32)(H,33,37). The minimum absolute atomic E-state index is 0.0445. The van der Waals surface area contributed by atoms with Gasteiger partial charge in [0, 0.05) is 32.2 Å². The summed E-state index contributed by atoms with van der Waals surface area (Å²) in [7, 11) is 0. The Bertz CT molecular complexity index is 1240. The predicted octanol–water partition coefficient (Wildman–Crippen LogP) is 4.38. The lowest BCUT2D eigenvalue weighted by Gasteiger charge is -2.27. The average molecular weight is 534 g/mol. The molecule has 1 amide bonds. The van der Waals surface area contributed by atoms with Crippen LogP contribution in [-0.2, 0) is 27.4 Å². The molecule has 0 bridgehead atoms. The van der Waals surface area contributed by atoms with E-state index >= 15 is 0 Å². The molecule has 0 saturated heterocycles. The summed E-state index contributed by atoms with van der Waals surface area (Å²) < 4.78 is 5.05. The first kappa shape index (κ1) is 27.6. The lowest BCUT2D eigenvalue weighted by atomic mass is 10.1.